The summed E-state index contributed by atoms with van der Waals surface area (Å²) in [5.74, 6) is 23.3. The standard InChI is InChI=1S/C34H54/c1-13-9-11-21-23(13)15(3)25-17(5)27-19(7)29-20(8)28-18(6)26-16(4)24-14(2)10-12-22(24)31(26)33(28)34(29)32(27)30(21)25/h13-34H,9-12H2,1-8H3. The molecule has 190 valence electrons. The van der Waals surface area contributed by atoms with Gasteiger partial charge >= 0.3 is 0 Å². The van der Waals surface area contributed by atoms with Gasteiger partial charge in [-0.2, -0.15) is 0 Å². The van der Waals surface area contributed by atoms with Crippen LogP contribution in [0.25, 0.3) is 0 Å². The van der Waals surface area contributed by atoms with E-state index in [1.807, 2.05) is 0 Å². The predicted molar refractivity (Wildman–Crippen MR) is 141 cm³/mol. The van der Waals surface area contributed by atoms with E-state index < -0.39 is 0 Å². The van der Waals surface area contributed by atoms with E-state index in [0.29, 0.717) is 0 Å². The van der Waals surface area contributed by atoms with Gasteiger partial charge in [0.25, 0.3) is 0 Å². The van der Waals surface area contributed by atoms with E-state index >= 15 is 0 Å². The highest BCUT2D eigenvalue weighted by molar-refractivity contribution is 5.23. The van der Waals surface area contributed by atoms with Gasteiger partial charge < -0.3 is 0 Å². The lowest BCUT2D eigenvalue weighted by Gasteiger charge is -2.37. The van der Waals surface area contributed by atoms with E-state index in [-0.39, 0.29) is 0 Å². The highest BCUT2D eigenvalue weighted by atomic mass is 14.8. The molecular formula is C34H54. The van der Waals surface area contributed by atoms with Crippen molar-refractivity contribution in [2.45, 2.75) is 81.1 Å². The Kier molecular flexibility index (Phi) is 4.47. The molecule has 8 saturated carbocycles. The highest BCUT2D eigenvalue weighted by Gasteiger charge is 2.75. The van der Waals surface area contributed by atoms with Gasteiger partial charge in [0.1, 0.15) is 0 Å². The van der Waals surface area contributed by atoms with Crippen LogP contribution in [0.2, 0.25) is 0 Å². The Morgan fingerprint density at radius 2 is 0.529 bits per heavy atom. The van der Waals surface area contributed by atoms with Gasteiger partial charge in [0.2, 0.25) is 0 Å². The molecule has 0 nitrogen and oxygen atoms in total. The zero-order valence-corrected chi connectivity index (χ0v) is 23.5. The molecule has 8 rings (SSSR count). The summed E-state index contributed by atoms with van der Waals surface area (Å²) >= 11 is 0. The molecule has 0 heterocycles. The Balaban J connectivity index is 1.23. The molecule has 0 N–H and O–H groups in total. The normalized spacial score (nSPS) is 73.4. The Morgan fingerprint density at radius 1 is 0.265 bits per heavy atom. The molecule has 0 aromatic carbocycles. The Morgan fingerprint density at radius 3 is 0.882 bits per heavy atom. The van der Waals surface area contributed by atoms with Crippen LogP contribution in [0.4, 0.5) is 0 Å². The average molecular weight is 463 g/mol. The third-order valence-electron chi connectivity index (χ3n) is 16.5. The first kappa shape index (κ1) is 22.0. The largest absolute Gasteiger partial charge is 0.0622 e. The van der Waals surface area contributed by atoms with Gasteiger partial charge in [0.05, 0.1) is 0 Å². The second-order valence-corrected chi connectivity index (χ2v) is 16.5. The van der Waals surface area contributed by atoms with Crippen LogP contribution in [0.5, 0.6) is 0 Å². The van der Waals surface area contributed by atoms with E-state index in [9.17, 15) is 0 Å². The van der Waals surface area contributed by atoms with Gasteiger partial charge in [0.15, 0.2) is 0 Å². The number of hydrogen-bond acceptors (Lipinski definition) is 0. The first-order chi connectivity index (χ1) is 16.3. The number of fused-ring (bicyclic) bond motifs is 13. The third kappa shape index (κ3) is 2.21. The van der Waals surface area contributed by atoms with Crippen molar-refractivity contribution in [3.05, 3.63) is 0 Å². The van der Waals surface area contributed by atoms with Crippen LogP contribution < -0.4 is 0 Å². The molecule has 8 aliphatic rings. The Hall–Kier alpha value is 0. The van der Waals surface area contributed by atoms with E-state index in [4.69, 9.17) is 0 Å². The van der Waals surface area contributed by atoms with Crippen LogP contribution in [0.1, 0.15) is 81.1 Å². The zero-order valence-electron chi connectivity index (χ0n) is 23.5. The second-order valence-electron chi connectivity index (χ2n) is 16.5. The topological polar surface area (TPSA) is 0 Å². The molecule has 0 aromatic heterocycles. The second kappa shape index (κ2) is 6.90. The molecule has 8 aliphatic carbocycles. The predicted octanol–water partition coefficient (Wildman–Crippen LogP) is 8.37. The lowest BCUT2D eigenvalue weighted by Crippen LogP contribution is -2.33. The van der Waals surface area contributed by atoms with Crippen molar-refractivity contribution in [3.63, 3.8) is 0 Å². The fraction of sp³-hybridized carbons (Fsp3) is 1.00. The van der Waals surface area contributed by atoms with Crippen molar-refractivity contribution in [2.24, 2.45) is 130 Å². The summed E-state index contributed by atoms with van der Waals surface area (Å²) in [6.07, 6.45) is 6.26. The van der Waals surface area contributed by atoms with Crippen molar-refractivity contribution in [2.75, 3.05) is 0 Å². The monoisotopic (exact) mass is 462 g/mol. The van der Waals surface area contributed by atoms with Crippen molar-refractivity contribution >= 4 is 0 Å². The maximum Gasteiger partial charge on any atom is -0.0312 e. The quantitative estimate of drug-likeness (QED) is 0.339. The van der Waals surface area contributed by atoms with Crippen LogP contribution >= 0.6 is 0 Å². The fourth-order valence-electron chi connectivity index (χ4n) is 16.6. The van der Waals surface area contributed by atoms with Crippen molar-refractivity contribution < 1.29 is 0 Å². The minimum Gasteiger partial charge on any atom is -0.0622 e. The summed E-state index contributed by atoms with van der Waals surface area (Å²) in [4.78, 5) is 0. The molecule has 0 heteroatoms. The maximum atomic E-state index is 2.77. The number of rotatable bonds is 0. The molecule has 8 fully saturated rings. The van der Waals surface area contributed by atoms with Crippen LogP contribution in [-0.2, 0) is 0 Å². The molecule has 0 amide bonds. The van der Waals surface area contributed by atoms with Gasteiger partial charge in [-0.05, 0) is 143 Å². The molecule has 20 unspecified atom stereocenters. The fourth-order valence-corrected chi connectivity index (χ4v) is 16.6. The third-order valence-corrected chi connectivity index (χ3v) is 16.5. The Labute approximate surface area is 211 Å². The molecular weight excluding hydrogens is 408 g/mol. The number of hydrogen-bond donors (Lipinski definition) is 0. The molecule has 0 aliphatic heterocycles. The molecule has 20 atom stereocenters. The SMILES string of the molecule is CC1CCC2C1C(C)C1C(C)C3C(C)C4C(C)C5C(C)C6C(C)C7C(C)CCC7C6C5C4C3C21. The Bertz CT molecular complexity index is 790. The molecule has 0 radical (unpaired) electrons. The van der Waals surface area contributed by atoms with Crippen molar-refractivity contribution in [1.29, 1.82) is 0 Å². The van der Waals surface area contributed by atoms with E-state index in [1.54, 1.807) is 25.7 Å². The van der Waals surface area contributed by atoms with E-state index in [1.165, 1.54) is 0 Å². The van der Waals surface area contributed by atoms with Gasteiger partial charge in [0, 0.05) is 0 Å². The van der Waals surface area contributed by atoms with E-state index in [2.05, 4.69) is 55.4 Å². The van der Waals surface area contributed by atoms with Crippen LogP contribution in [0.15, 0.2) is 0 Å². The summed E-state index contributed by atoms with van der Waals surface area (Å²) < 4.78 is 0. The molecule has 0 saturated heterocycles. The molecule has 34 heavy (non-hydrogen) atoms. The summed E-state index contributed by atoms with van der Waals surface area (Å²) in [6.45, 7) is 21.8. The summed E-state index contributed by atoms with van der Waals surface area (Å²) in [5.41, 5.74) is 0. The van der Waals surface area contributed by atoms with Crippen molar-refractivity contribution in [1.82, 2.24) is 0 Å². The minimum atomic E-state index is 1.00. The minimum absolute atomic E-state index is 1.00. The molecule has 0 aromatic rings. The van der Waals surface area contributed by atoms with Gasteiger partial charge in [-0.25, -0.2) is 0 Å². The van der Waals surface area contributed by atoms with Crippen LogP contribution in [0.3, 0.4) is 0 Å². The van der Waals surface area contributed by atoms with Crippen LogP contribution in [-0.4, -0.2) is 0 Å². The summed E-state index contributed by atoms with van der Waals surface area (Å²) in [7, 11) is 0. The van der Waals surface area contributed by atoms with Gasteiger partial charge in [-0.3, -0.25) is 0 Å². The highest BCUT2D eigenvalue weighted by Crippen LogP contribution is 2.80. The van der Waals surface area contributed by atoms with E-state index in [0.717, 1.165) is 130 Å². The lowest BCUT2D eigenvalue weighted by atomic mass is 9.67. The lowest BCUT2D eigenvalue weighted by molar-refractivity contribution is 0.0987. The first-order valence-corrected chi connectivity index (χ1v) is 16.3. The van der Waals surface area contributed by atoms with Gasteiger partial charge in [-0.1, -0.05) is 68.2 Å². The summed E-state index contributed by atoms with van der Waals surface area (Å²) in [6, 6.07) is 0. The maximum absolute atomic E-state index is 2.77. The average Bonchev–Trinajstić information content (AvgIpc) is 3.60. The van der Waals surface area contributed by atoms with Crippen LogP contribution in [0, 0.1) is 130 Å². The van der Waals surface area contributed by atoms with Crippen molar-refractivity contribution in [3.8, 4) is 0 Å². The van der Waals surface area contributed by atoms with Gasteiger partial charge in [-0.15, -0.1) is 0 Å². The first-order valence-electron chi connectivity index (χ1n) is 16.3. The molecule has 0 spiro atoms. The smallest absolute Gasteiger partial charge is 0.0312 e. The molecule has 0 bridgehead atoms. The summed E-state index contributed by atoms with van der Waals surface area (Å²) in [5, 5.41) is 0. The zero-order chi connectivity index (χ0) is 23.5.